The van der Waals surface area contributed by atoms with Gasteiger partial charge >= 0.3 is 6.18 Å². The third-order valence-electron chi connectivity index (χ3n) is 4.49. The summed E-state index contributed by atoms with van der Waals surface area (Å²) in [6.07, 6.45) is -5.27. The molecular weight excluding hydrogens is 416 g/mol. The lowest BCUT2D eigenvalue weighted by Gasteiger charge is -2.22. The maximum absolute atomic E-state index is 14.6. The van der Waals surface area contributed by atoms with Crippen LogP contribution in [-0.4, -0.2) is 24.4 Å². The summed E-state index contributed by atoms with van der Waals surface area (Å²) in [5.74, 6) is -0.545. The van der Waals surface area contributed by atoms with Crippen molar-refractivity contribution in [2.75, 3.05) is 10.6 Å². The maximum atomic E-state index is 14.6. The Labute approximate surface area is 167 Å². The van der Waals surface area contributed by atoms with Crippen molar-refractivity contribution >= 4 is 23.3 Å². The molecule has 0 spiro atoms. The third-order valence-corrected chi connectivity index (χ3v) is 5.27. The summed E-state index contributed by atoms with van der Waals surface area (Å²) >= 11 is 1.24. The minimum atomic E-state index is -4.42. The van der Waals surface area contributed by atoms with Crippen molar-refractivity contribution in [3.05, 3.63) is 65.0 Å². The van der Waals surface area contributed by atoms with Crippen LogP contribution in [0.4, 0.5) is 32.0 Å². The average molecular weight is 433 g/mol. The molecule has 0 saturated carbocycles. The molecule has 0 aromatic heterocycles. The fourth-order valence-electron chi connectivity index (χ4n) is 2.88. The number of hydrogen-bond donors (Lipinski definition) is 1. The van der Waals surface area contributed by atoms with Crippen molar-refractivity contribution in [2.24, 2.45) is 5.10 Å². The molecule has 1 heterocycles. The number of nitrogens with zero attached hydrogens (tertiary/aromatic N) is 2. The van der Waals surface area contributed by atoms with Crippen LogP contribution < -0.4 is 9.73 Å². The van der Waals surface area contributed by atoms with E-state index in [2.05, 4.69) is 10.5 Å². The normalized spacial score (nSPS) is 16.7. The van der Waals surface area contributed by atoms with Crippen LogP contribution in [0.2, 0.25) is 0 Å². The Morgan fingerprint density at radius 3 is 2.38 bits per heavy atom. The van der Waals surface area contributed by atoms with E-state index in [0.717, 1.165) is 12.1 Å². The van der Waals surface area contributed by atoms with Gasteiger partial charge in [0.25, 0.3) is 6.43 Å². The quantitative estimate of drug-likeness (QED) is 0.484. The van der Waals surface area contributed by atoms with Crippen LogP contribution in [0.5, 0.6) is 0 Å². The second kappa shape index (κ2) is 8.56. The minimum Gasteiger partial charge on any atom is -0.312 e. The summed E-state index contributed by atoms with van der Waals surface area (Å²) in [6.45, 7) is 0.114. The molecule has 0 amide bonds. The number of anilines is 1. The first kappa shape index (κ1) is 21.4. The largest absolute Gasteiger partial charge is 0.416 e. The van der Waals surface area contributed by atoms with Crippen molar-refractivity contribution in [3.8, 4) is 0 Å². The van der Waals surface area contributed by atoms with Crippen LogP contribution in [0.1, 0.15) is 23.1 Å². The van der Waals surface area contributed by atoms with Crippen LogP contribution in [0.3, 0.4) is 0 Å². The van der Waals surface area contributed by atoms with Crippen LogP contribution in [0.25, 0.3) is 0 Å². The zero-order chi connectivity index (χ0) is 21.2. The topological polar surface area (TPSA) is 27.6 Å². The summed E-state index contributed by atoms with van der Waals surface area (Å²) in [5, 5.41) is 3.85. The predicted octanol–water partition coefficient (Wildman–Crippen LogP) is 5.46. The first-order chi connectivity index (χ1) is 13.7. The van der Waals surface area contributed by atoms with Gasteiger partial charge in [-0.3, -0.25) is 0 Å². The van der Waals surface area contributed by atoms with E-state index in [0.29, 0.717) is 22.5 Å². The van der Waals surface area contributed by atoms with Gasteiger partial charge in [-0.2, -0.15) is 18.3 Å². The van der Waals surface area contributed by atoms with Gasteiger partial charge in [0, 0.05) is 29.5 Å². The number of halogens is 6. The zero-order valence-electron chi connectivity index (χ0n) is 15.2. The number of hydrazone groups is 1. The number of rotatable bonds is 6. The first-order valence-electron chi connectivity index (χ1n) is 8.57. The molecule has 0 fully saturated rings. The third kappa shape index (κ3) is 4.98. The van der Waals surface area contributed by atoms with Crippen molar-refractivity contribution in [1.29, 1.82) is 0 Å². The smallest absolute Gasteiger partial charge is 0.312 e. The summed E-state index contributed by atoms with van der Waals surface area (Å²) in [4.78, 5) is 0. The summed E-state index contributed by atoms with van der Waals surface area (Å²) in [6, 6.07) is 7.87. The Balaban J connectivity index is 1.73. The summed E-state index contributed by atoms with van der Waals surface area (Å²) in [5.41, 5.74) is 3.16. The van der Waals surface area contributed by atoms with Crippen molar-refractivity contribution < 1.29 is 26.3 Å². The summed E-state index contributed by atoms with van der Waals surface area (Å²) in [7, 11) is 0. The fraction of sp³-hybridized carbons (Fsp3) is 0.316. The molecule has 0 saturated heterocycles. The molecule has 3 rings (SSSR count). The molecule has 2 aromatic rings. The van der Waals surface area contributed by atoms with E-state index < -0.39 is 30.0 Å². The lowest BCUT2D eigenvalue weighted by molar-refractivity contribution is -0.137. The van der Waals surface area contributed by atoms with Crippen molar-refractivity contribution in [1.82, 2.24) is 5.43 Å². The standard InChI is InChI=1S/C19H17F6N3S/c1-29-28(14-6-4-13(5-7-14)19(23,24)25)10-12-3-2-11(8-15(12)20)16-9-17(18(21)22)27-26-16/h2-8,17-18,27H,9-10H2,1H3. The zero-order valence-corrected chi connectivity index (χ0v) is 16.0. The molecule has 1 aliphatic rings. The Bertz CT molecular complexity index is 883. The van der Waals surface area contributed by atoms with Crippen LogP contribution in [-0.2, 0) is 12.7 Å². The number of hydrogen-bond acceptors (Lipinski definition) is 4. The van der Waals surface area contributed by atoms with Crippen molar-refractivity contribution in [3.63, 3.8) is 0 Å². The molecule has 1 N–H and O–H groups in total. The minimum absolute atomic E-state index is 0.00105. The predicted molar refractivity (Wildman–Crippen MR) is 102 cm³/mol. The van der Waals surface area contributed by atoms with Gasteiger partial charge < -0.3 is 9.73 Å². The molecule has 29 heavy (non-hydrogen) atoms. The van der Waals surface area contributed by atoms with Gasteiger partial charge in [0.15, 0.2) is 0 Å². The number of alkyl halides is 5. The second-order valence-corrected chi connectivity index (χ2v) is 7.21. The van der Waals surface area contributed by atoms with E-state index in [1.807, 2.05) is 0 Å². The highest BCUT2D eigenvalue weighted by Gasteiger charge is 2.30. The first-order valence-corrected chi connectivity index (χ1v) is 9.75. The van der Waals surface area contributed by atoms with Crippen LogP contribution in [0, 0.1) is 5.82 Å². The van der Waals surface area contributed by atoms with E-state index in [1.54, 1.807) is 16.6 Å². The maximum Gasteiger partial charge on any atom is 0.416 e. The second-order valence-electron chi connectivity index (χ2n) is 6.40. The molecule has 3 nitrogen and oxygen atoms in total. The van der Waals surface area contributed by atoms with Gasteiger partial charge in [-0.15, -0.1) is 0 Å². The van der Waals surface area contributed by atoms with Crippen LogP contribution in [0.15, 0.2) is 47.6 Å². The lowest BCUT2D eigenvalue weighted by Crippen LogP contribution is -2.27. The van der Waals surface area contributed by atoms with Gasteiger partial charge in [-0.1, -0.05) is 24.1 Å². The highest BCUT2D eigenvalue weighted by molar-refractivity contribution is 7.99. The molecule has 1 unspecified atom stereocenters. The van der Waals surface area contributed by atoms with Gasteiger partial charge in [0.2, 0.25) is 0 Å². The average Bonchev–Trinajstić information content (AvgIpc) is 3.17. The molecule has 0 aliphatic carbocycles. The Morgan fingerprint density at radius 2 is 1.86 bits per heavy atom. The molecule has 10 heteroatoms. The Kier molecular flexibility index (Phi) is 6.30. The molecule has 1 aliphatic heterocycles. The van der Waals surface area contributed by atoms with Crippen LogP contribution >= 0.6 is 11.9 Å². The van der Waals surface area contributed by atoms with Crippen molar-refractivity contribution in [2.45, 2.75) is 31.6 Å². The van der Waals surface area contributed by atoms with Gasteiger partial charge in [0.1, 0.15) is 11.9 Å². The Morgan fingerprint density at radius 1 is 1.17 bits per heavy atom. The number of benzene rings is 2. The summed E-state index contributed by atoms with van der Waals surface area (Å²) < 4.78 is 79.8. The van der Waals surface area contributed by atoms with E-state index in [1.165, 1.54) is 36.2 Å². The van der Waals surface area contributed by atoms with E-state index in [9.17, 15) is 26.3 Å². The molecule has 0 radical (unpaired) electrons. The fourth-order valence-corrected chi connectivity index (χ4v) is 3.48. The van der Waals surface area contributed by atoms with Gasteiger partial charge in [-0.05, 0) is 30.3 Å². The highest BCUT2D eigenvalue weighted by Crippen LogP contribution is 2.32. The van der Waals surface area contributed by atoms with E-state index >= 15 is 0 Å². The highest BCUT2D eigenvalue weighted by atomic mass is 32.2. The Hall–Kier alpha value is -2.36. The molecule has 2 aromatic carbocycles. The SMILES string of the molecule is CSN(Cc1ccc(C2=NNC(C(F)F)C2)cc1F)c1ccc(C(F)(F)F)cc1. The number of nitrogens with one attached hydrogen (secondary N) is 1. The lowest BCUT2D eigenvalue weighted by atomic mass is 10.0. The monoisotopic (exact) mass is 433 g/mol. The van der Waals surface area contributed by atoms with Gasteiger partial charge in [-0.25, -0.2) is 13.2 Å². The van der Waals surface area contributed by atoms with E-state index in [4.69, 9.17) is 0 Å². The molecule has 1 atom stereocenters. The molecule has 0 bridgehead atoms. The molecular formula is C19H17F6N3S. The van der Waals surface area contributed by atoms with E-state index in [-0.39, 0.29) is 13.0 Å². The molecule has 156 valence electrons. The van der Waals surface area contributed by atoms with Gasteiger partial charge in [0.05, 0.1) is 17.8 Å².